The number of nitrogens with one attached hydrogen (secondary N) is 2. The van der Waals surface area contributed by atoms with E-state index in [4.69, 9.17) is 9.47 Å². The Balaban J connectivity index is 1.79. The fraction of sp³-hybridized carbons (Fsp3) is 0.500. The largest absolute Gasteiger partial charge is 0.481 e. The minimum Gasteiger partial charge on any atom is -0.481 e. The van der Waals surface area contributed by atoms with Crippen molar-refractivity contribution >= 4 is 11.8 Å². The van der Waals surface area contributed by atoms with Crippen molar-refractivity contribution in [3.8, 4) is 11.5 Å². The molecule has 2 N–H and O–H groups in total. The Morgan fingerprint density at radius 3 is 1.38 bits per heavy atom. The van der Waals surface area contributed by atoms with Gasteiger partial charge >= 0.3 is 0 Å². The van der Waals surface area contributed by atoms with E-state index < -0.39 is 12.2 Å². The van der Waals surface area contributed by atoms with Crippen LogP contribution >= 0.6 is 0 Å². The average molecular weight is 469 g/mol. The van der Waals surface area contributed by atoms with Crippen molar-refractivity contribution in [2.24, 2.45) is 0 Å². The molecule has 0 aliphatic rings. The van der Waals surface area contributed by atoms with Gasteiger partial charge in [0.1, 0.15) is 11.5 Å². The second-order valence-electron chi connectivity index (χ2n) is 8.80. The molecule has 2 rings (SSSR count). The molecule has 2 aromatic carbocycles. The molecule has 4 atom stereocenters. The Bertz CT molecular complexity index is 855. The number of carbonyl (C=O) groups excluding carboxylic acids is 2. The summed E-state index contributed by atoms with van der Waals surface area (Å²) in [6.45, 7) is 12.6. The van der Waals surface area contributed by atoms with Crippen molar-refractivity contribution in [1.82, 2.24) is 10.6 Å². The van der Waals surface area contributed by atoms with Gasteiger partial charge in [0.25, 0.3) is 11.8 Å². The molecule has 0 saturated carbocycles. The summed E-state index contributed by atoms with van der Waals surface area (Å²) in [4.78, 5) is 24.9. The molecule has 4 unspecified atom stereocenters. The molecule has 2 aromatic rings. The summed E-state index contributed by atoms with van der Waals surface area (Å²) in [5, 5.41) is 5.64. The first-order valence-electron chi connectivity index (χ1n) is 12.3. The van der Waals surface area contributed by atoms with Gasteiger partial charge in [-0.05, 0) is 61.8 Å². The monoisotopic (exact) mass is 468 g/mol. The van der Waals surface area contributed by atoms with Gasteiger partial charge in [-0.3, -0.25) is 9.59 Å². The van der Waals surface area contributed by atoms with Gasteiger partial charge in [-0.2, -0.15) is 0 Å². The maximum absolute atomic E-state index is 12.5. The number of benzene rings is 2. The molecule has 0 bridgehead atoms. The first-order valence-corrected chi connectivity index (χ1v) is 12.3. The molecular formula is C28H40N2O4. The summed E-state index contributed by atoms with van der Waals surface area (Å²) < 4.78 is 11.9. The van der Waals surface area contributed by atoms with Crippen molar-refractivity contribution in [3.05, 3.63) is 59.7 Å². The predicted molar refractivity (Wildman–Crippen MR) is 136 cm³/mol. The fourth-order valence-electron chi connectivity index (χ4n) is 3.58. The van der Waals surface area contributed by atoms with Crippen LogP contribution in [0.15, 0.2) is 48.5 Å². The lowest BCUT2D eigenvalue weighted by atomic mass is 9.98. The number of para-hydroxylation sites is 2. The lowest BCUT2D eigenvalue weighted by Gasteiger charge is -2.20. The predicted octanol–water partition coefficient (Wildman–Crippen LogP) is 5.18. The van der Waals surface area contributed by atoms with E-state index in [9.17, 15) is 9.59 Å². The molecule has 0 saturated heterocycles. The molecule has 6 heteroatoms. The molecule has 186 valence electrons. The maximum Gasteiger partial charge on any atom is 0.260 e. The minimum absolute atomic E-state index is 0.222. The molecule has 0 fully saturated rings. The normalized spacial score (nSPS) is 14.4. The Hall–Kier alpha value is -3.02. The van der Waals surface area contributed by atoms with Crippen molar-refractivity contribution in [1.29, 1.82) is 0 Å². The summed E-state index contributed by atoms with van der Waals surface area (Å²) in [5.74, 6) is 1.72. The average Bonchev–Trinajstić information content (AvgIpc) is 2.85. The number of amides is 2. The van der Waals surface area contributed by atoms with E-state index in [0.29, 0.717) is 24.9 Å². The Labute approximate surface area is 204 Å². The molecule has 34 heavy (non-hydrogen) atoms. The third-order valence-electron chi connectivity index (χ3n) is 6.19. The highest BCUT2D eigenvalue weighted by molar-refractivity contribution is 5.82. The van der Waals surface area contributed by atoms with Gasteiger partial charge in [0, 0.05) is 13.1 Å². The highest BCUT2D eigenvalue weighted by atomic mass is 16.5. The van der Waals surface area contributed by atoms with E-state index >= 15 is 0 Å². The third kappa shape index (κ3) is 7.79. The topological polar surface area (TPSA) is 76.7 Å². The van der Waals surface area contributed by atoms with Crippen LogP contribution in [0.5, 0.6) is 11.5 Å². The van der Waals surface area contributed by atoms with Crippen LogP contribution in [-0.4, -0.2) is 37.1 Å². The molecule has 0 radical (unpaired) electrons. The highest BCUT2D eigenvalue weighted by Crippen LogP contribution is 2.30. The van der Waals surface area contributed by atoms with Crippen molar-refractivity contribution in [2.45, 2.75) is 78.4 Å². The van der Waals surface area contributed by atoms with Crippen molar-refractivity contribution < 1.29 is 19.1 Å². The van der Waals surface area contributed by atoms with Crippen LogP contribution in [0.3, 0.4) is 0 Å². The van der Waals surface area contributed by atoms with Crippen LogP contribution in [0.2, 0.25) is 0 Å². The summed E-state index contributed by atoms with van der Waals surface area (Å²) in [7, 11) is 0. The molecule has 0 heterocycles. The van der Waals surface area contributed by atoms with Crippen LogP contribution in [0, 0.1) is 0 Å². The first kappa shape index (κ1) is 27.2. The van der Waals surface area contributed by atoms with E-state index in [1.807, 2.05) is 48.5 Å². The van der Waals surface area contributed by atoms with Gasteiger partial charge in [-0.15, -0.1) is 0 Å². The van der Waals surface area contributed by atoms with Crippen molar-refractivity contribution in [2.75, 3.05) is 13.1 Å². The molecule has 0 aliphatic carbocycles. The Morgan fingerprint density at radius 2 is 1.03 bits per heavy atom. The van der Waals surface area contributed by atoms with Gasteiger partial charge in [0.05, 0.1) is 0 Å². The first-order chi connectivity index (χ1) is 16.3. The molecule has 0 spiro atoms. The number of hydrogen-bond acceptors (Lipinski definition) is 4. The van der Waals surface area contributed by atoms with E-state index in [1.165, 1.54) is 0 Å². The van der Waals surface area contributed by atoms with E-state index in [-0.39, 0.29) is 11.8 Å². The lowest BCUT2D eigenvalue weighted by Crippen LogP contribution is -2.43. The lowest BCUT2D eigenvalue weighted by molar-refractivity contribution is -0.129. The van der Waals surface area contributed by atoms with E-state index in [2.05, 4.69) is 38.3 Å². The summed E-state index contributed by atoms with van der Waals surface area (Å²) in [6.07, 6.45) is 0.707. The zero-order valence-electron chi connectivity index (χ0n) is 21.4. The standard InChI is InChI=1S/C28H40N2O4/c1-7-19(3)23-13-9-11-15-25(23)33-21(5)27(31)29-17-18-30-28(32)22(6)34-26-16-12-10-14-24(26)20(4)8-2/h9-16,19-22H,7-8,17-18H2,1-6H3,(H,29,31)(H,30,32). The number of hydrogen-bond donors (Lipinski definition) is 2. The number of rotatable bonds is 13. The van der Waals surface area contributed by atoms with Crippen LogP contribution in [0.25, 0.3) is 0 Å². The van der Waals surface area contributed by atoms with Gasteiger partial charge in [-0.25, -0.2) is 0 Å². The Morgan fingerprint density at radius 1 is 0.676 bits per heavy atom. The zero-order chi connectivity index (χ0) is 25.1. The summed E-state index contributed by atoms with van der Waals surface area (Å²) in [6, 6.07) is 15.6. The SMILES string of the molecule is CCC(C)c1ccccc1OC(C)C(=O)NCCNC(=O)C(C)Oc1ccccc1C(C)CC. The molecule has 2 amide bonds. The van der Waals surface area contributed by atoms with Gasteiger partial charge < -0.3 is 20.1 Å². The molecular weight excluding hydrogens is 428 g/mol. The number of ether oxygens (including phenoxy) is 2. The van der Waals surface area contributed by atoms with E-state index in [0.717, 1.165) is 35.5 Å². The zero-order valence-corrected chi connectivity index (χ0v) is 21.4. The van der Waals surface area contributed by atoms with Crippen LogP contribution in [0.4, 0.5) is 0 Å². The Kier molecular flexibility index (Phi) is 10.9. The molecule has 0 aromatic heterocycles. The van der Waals surface area contributed by atoms with E-state index in [1.54, 1.807) is 13.8 Å². The molecule has 0 aliphatic heterocycles. The summed E-state index contributed by atoms with van der Waals surface area (Å²) >= 11 is 0. The second kappa shape index (κ2) is 13.6. The summed E-state index contributed by atoms with van der Waals surface area (Å²) in [5.41, 5.74) is 2.20. The highest BCUT2D eigenvalue weighted by Gasteiger charge is 2.19. The molecule has 6 nitrogen and oxygen atoms in total. The van der Waals surface area contributed by atoms with Gasteiger partial charge in [-0.1, -0.05) is 64.1 Å². The third-order valence-corrected chi connectivity index (χ3v) is 6.19. The van der Waals surface area contributed by atoms with Gasteiger partial charge in [0.15, 0.2) is 12.2 Å². The fourth-order valence-corrected chi connectivity index (χ4v) is 3.58. The van der Waals surface area contributed by atoms with Crippen LogP contribution < -0.4 is 20.1 Å². The quantitative estimate of drug-likeness (QED) is 0.397. The second-order valence-corrected chi connectivity index (χ2v) is 8.80. The maximum atomic E-state index is 12.5. The van der Waals surface area contributed by atoms with Gasteiger partial charge in [0.2, 0.25) is 0 Å². The van der Waals surface area contributed by atoms with Crippen LogP contribution in [0.1, 0.15) is 77.3 Å². The van der Waals surface area contributed by atoms with Crippen molar-refractivity contribution in [3.63, 3.8) is 0 Å². The smallest absolute Gasteiger partial charge is 0.260 e. The van der Waals surface area contributed by atoms with Crippen LogP contribution in [-0.2, 0) is 9.59 Å². The number of carbonyl (C=O) groups is 2. The minimum atomic E-state index is -0.639.